The molecule has 0 radical (unpaired) electrons. The predicted octanol–water partition coefficient (Wildman–Crippen LogP) is 2.19. The third-order valence-corrected chi connectivity index (χ3v) is 3.64. The highest BCUT2D eigenvalue weighted by atomic mass is 14.9. The molecule has 2 N–H and O–H groups in total. The van der Waals surface area contributed by atoms with E-state index >= 15 is 0 Å². The van der Waals surface area contributed by atoms with Crippen molar-refractivity contribution < 1.29 is 0 Å². The van der Waals surface area contributed by atoms with Crippen LogP contribution in [0.4, 0.5) is 0 Å². The van der Waals surface area contributed by atoms with Gasteiger partial charge in [0, 0.05) is 12.5 Å². The van der Waals surface area contributed by atoms with Gasteiger partial charge in [0.15, 0.2) is 0 Å². The Labute approximate surface area is 80.6 Å². The molecule has 2 heteroatoms. The second kappa shape index (κ2) is 3.69. The first-order valence-corrected chi connectivity index (χ1v) is 5.61. The molecule has 3 unspecified atom stereocenters. The van der Waals surface area contributed by atoms with E-state index in [-0.39, 0.29) is 0 Å². The number of hydrogen-bond acceptors (Lipinski definition) is 1. The Kier molecular flexibility index (Phi) is 2.56. The standard InChI is InChI=1S/C11H20N2/c1-2-5-13-11(12)10-7-8-3-4-9(10)6-8/h8-10H,2-7H2,1H3,(H2,12,13). The normalized spacial score (nSPS) is 38.5. The molecule has 2 saturated carbocycles. The molecule has 0 amide bonds. The molecule has 74 valence electrons. The number of amidine groups is 1. The van der Waals surface area contributed by atoms with Crippen LogP contribution in [-0.2, 0) is 0 Å². The summed E-state index contributed by atoms with van der Waals surface area (Å²) in [5, 5.41) is 0. The van der Waals surface area contributed by atoms with E-state index in [0.29, 0.717) is 5.92 Å². The minimum Gasteiger partial charge on any atom is -0.387 e. The van der Waals surface area contributed by atoms with E-state index in [1.165, 1.54) is 25.7 Å². The van der Waals surface area contributed by atoms with E-state index in [9.17, 15) is 0 Å². The third-order valence-electron chi connectivity index (χ3n) is 3.64. The molecule has 0 aromatic heterocycles. The number of hydrogen-bond donors (Lipinski definition) is 1. The molecule has 0 aromatic carbocycles. The van der Waals surface area contributed by atoms with Crippen molar-refractivity contribution in [3.63, 3.8) is 0 Å². The van der Waals surface area contributed by atoms with Gasteiger partial charge in [-0.3, -0.25) is 4.99 Å². The van der Waals surface area contributed by atoms with Crippen molar-refractivity contribution in [1.29, 1.82) is 0 Å². The highest BCUT2D eigenvalue weighted by Gasteiger charge is 2.41. The number of rotatable bonds is 3. The molecule has 0 heterocycles. The molecule has 0 aliphatic heterocycles. The van der Waals surface area contributed by atoms with E-state index in [0.717, 1.165) is 30.6 Å². The second-order valence-corrected chi connectivity index (χ2v) is 4.59. The van der Waals surface area contributed by atoms with Crippen LogP contribution in [0.5, 0.6) is 0 Å². The molecule has 2 bridgehead atoms. The molecule has 2 fully saturated rings. The van der Waals surface area contributed by atoms with Gasteiger partial charge in [-0.05, 0) is 37.5 Å². The SMILES string of the molecule is CCCN=C(N)C1CC2CCC1C2. The second-order valence-electron chi connectivity index (χ2n) is 4.59. The van der Waals surface area contributed by atoms with Gasteiger partial charge in [0.05, 0.1) is 5.84 Å². The van der Waals surface area contributed by atoms with E-state index in [2.05, 4.69) is 11.9 Å². The lowest BCUT2D eigenvalue weighted by molar-refractivity contribution is 0.412. The number of fused-ring (bicyclic) bond motifs is 2. The Bertz CT molecular complexity index is 210. The van der Waals surface area contributed by atoms with Crippen molar-refractivity contribution in [2.24, 2.45) is 28.5 Å². The molecule has 0 spiro atoms. The fourth-order valence-electron chi connectivity index (χ4n) is 2.97. The highest BCUT2D eigenvalue weighted by Crippen LogP contribution is 2.48. The fraction of sp³-hybridized carbons (Fsp3) is 0.909. The topological polar surface area (TPSA) is 38.4 Å². The molecule has 0 saturated heterocycles. The van der Waals surface area contributed by atoms with Crippen LogP contribution in [-0.4, -0.2) is 12.4 Å². The van der Waals surface area contributed by atoms with Crippen LogP contribution in [0.2, 0.25) is 0 Å². The average Bonchev–Trinajstić information content (AvgIpc) is 2.74. The van der Waals surface area contributed by atoms with E-state index < -0.39 is 0 Å². The first-order chi connectivity index (χ1) is 6.31. The van der Waals surface area contributed by atoms with Gasteiger partial charge in [0.2, 0.25) is 0 Å². The lowest BCUT2D eigenvalue weighted by Gasteiger charge is -2.20. The minimum absolute atomic E-state index is 0.644. The maximum absolute atomic E-state index is 6.00. The van der Waals surface area contributed by atoms with Gasteiger partial charge >= 0.3 is 0 Å². The van der Waals surface area contributed by atoms with E-state index in [1.807, 2.05) is 0 Å². The zero-order chi connectivity index (χ0) is 9.26. The van der Waals surface area contributed by atoms with Crippen LogP contribution >= 0.6 is 0 Å². The fourth-order valence-corrected chi connectivity index (χ4v) is 2.97. The van der Waals surface area contributed by atoms with E-state index in [4.69, 9.17) is 5.73 Å². The number of nitrogens with zero attached hydrogens (tertiary/aromatic N) is 1. The smallest absolute Gasteiger partial charge is 0.0971 e. The van der Waals surface area contributed by atoms with Gasteiger partial charge < -0.3 is 5.73 Å². The third kappa shape index (κ3) is 1.72. The van der Waals surface area contributed by atoms with Crippen LogP contribution in [0.3, 0.4) is 0 Å². The molecule has 2 aliphatic carbocycles. The van der Waals surface area contributed by atoms with E-state index in [1.54, 1.807) is 0 Å². The minimum atomic E-state index is 0.644. The Hall–Kier alpha value is -0.530. The number of nitrogens with two attached hydrogens (primary N) is 1. The highest BCUT2D eigenvalue weighted by molar-refractivity contribution is 5.83. The summed E-state index contributed by atoms with van der Waals surface area (Å²) in [5.74, 6) is 3.45. The Balaban J connectivity index is 1.94. The lowest BCUT2D eigenvalue weighted by atomic mass is 9.88. The van der Waals surface area contributed by atoms with Gasteiger partial charge in [-0.2, -0.15) is 0 Å². The van der Waals surface area contributed by atoms with Crippen molar-refractivity contribution >= 4 is 5.84 Å². The van der Waals surface area contributed by atoms with Crippen LogP contribution in [0.15, 0.2) is 4.99 Å². The van der Waals surface area contributed by atoms with Gasteiger partial charge in [-0.15, -0.1) is 0 Å². The van der Waals surface area contributed by atoms with Gasteiger partial charge in [-0.1, -0.05) is 13.3 Å². The van der Waals surface area contributed by atoms with Crippen LogP contribution < -0.4 is 5.73 Å². The average molecular weight is 180 g/mol. The van der Waals surface area contributed by atoms with Crippen LogP contribution in [0.25, 0.3) is 0 Å². The molecular weight excluding hydrogens is 160 g/mol. The van der Waals surface area contributed by atoms with Gasteiger partial charge in [0.1, 0.15) is 0 Å². The zero-order valence-corrected chi connectivity index (χ0v) is 8.50. The first kappa shape index (κ1) is 9.04. The molecule has 0 aromatic rings. The maximum Gasteiger partial charge on any atom is 0.0971 e. The Morgan fingerprint density at radius 2 is 2.23 bits per heavy atom. The van der Waals surface area contributed by atoms with Gasteiger partial charge in [0.25, 0.3) is 0 Å². The summed E-state index contributed by atoms with van der Waals surface area (Å²) in [6, 6.07) is 0. The van der Waals surface area contributed by atoms with Crippen molar-refractivity contribution in [3.8, 4) is 0 Å². The monoisotopic (exact) mass is 180 g/mol. The van der Waals surface area contributed by atoms with Crippen molar-refractivity contribution in [1.82, 2.24) is 0 Å². The van der Waals surface area contributed by atoms with Crippen molar-refractivity contribution in [3.05, 3.63) is 0 Å². The summed E-state index contributed by atoms with van der Waals surface area (Å²) in [6.45, 7) is 3.07. The lowest BCUT2D eigenvalue weighted by Crippen LogP contribution is -2.28. The summed E-state index contributed by atoms with van der Waals surface area (Å²) < 4.78 is 0. The quantitative estimate of drug-likeness (QED) is 0.524. The number of aliphatic imine (C=N–C) groups is 1. The van der Waals surface area contributed by atoms with Crippen LogP contribution in [0, 0.1) is 17.8 Å². The van der Waals surface area contributed by atoms with Crippen LogP contribution in [0.1, 0.15) is 39.0 Å². The first-order valence-electron chi connectivity index (χ1n) is 5.61. The molecule has 2 aliphatic rings. The van der Waals surface area contributed by atoms with Crippen molar-refractivity contribution in [2.45, 2.75) is 39.0 Å². The molecule has 2 rings (SSSR count). The predicted molar refractivity (Wildman–Crippen MR) is 55.7 cm³/mol. The zero-order valence-electron chi connectivity index (χ0n) is 8.50. The van der Waals surface area contributed by atoms with Gasteiger partial charge in [-0.25, -0.2) is 0 Å². The summed E-state index contributed by atoms with van der Waals surface area (Å²) in [5.41, 5.74) is 6.00. The summed E-state index contributed by atoms with van der Waals surface area (Å²) in [7, 11) is 0. The Morgan fingerprint density at radius 3 is 2.77 bits per heavy atom. The Morgan fingerprint density at radius 1 is 1.38 bits per heavy atom. The molecular formula is C11H20N2. The molecule has 2 nitrogen and oxygen atoms in total. The largest absolute Gasteiger partial charge is 0.387 e. The van der Waals surface area contributed by atoms with Crippen molar-refractivity contribution in [2.75, 3.05) is 6.54 Å². The molecule has 3 atom stereocenters. The summed E-state index contributed by atoms with van der Waals surface area (Å²) in [6.07, 6.45) is 6.71. The maximum atomic E-state index is 6.00. The summed E-state index contributed by atoms with van der Waals surface area (Å²) in [4.78, 5) is 4.44. The molecule has 13 heavy (non-hydrogen) atoms. The summed E-state index contributed by atoms with van der Waals surface area (Å²) >= 11 is 0.